The van der Waals surface area contributed by atoms with E-state index < -0.39 is 0 Å². The van der Waals surface area contributed by atoms with Crippen molar-refractivity contribution in [2.24, 2.45) is 0 Å². The third-order valence-electron chi connectivity index (χ3n) is 3.43. The lowest BCUT2D eigenvalue weighted by atomic mass is 9.85. The second-order valence-corrected chi connectivity index (χ2v) is 4.66. The van der Waals surface area contributed by atoms with E-state index in [2.05, 4.69) is 6.58 Å². The molecule has 0 aliphatic heterocycles. The third-order valence-corrected chi connectivity index (χ3v) is 3.43. The molecule has 0 aliphatic carbocycles. The summed E-state index contributed by atoms with van der Waals surface area (Å²) in [5.41, 5.74) is 2.06. The maximum Gasteiger partial charge on any atom is 0.151 e. The van der Waals surface area contributed by atoms with E-state index >= 15 is 0 Å². The molecule has 2 aromatic carbocycles. The Bertz CT molecular complexity index is 542. The van der Waals surface area contributed by atoms with E-state index in [1.54, 1.807) is 6.08 Å². The number of ketones is 1. The molecule has 0 spiro atoms. The standard InChI is InChI=1S/C18H18O/c1-3-17(16-12-8-5-9-13-16)18(19)14(2)15-10-6-4-7-11-15/h3-14,17H,1H2,2H3/t14-,17-/m1/s1. The number of carbonyl (C=O) groups excluding carboxylic acids is 1. The Labute approximate surface area is 114 Å². The quantitative estimate of drug-likeness (QED) is 0.722. The van der Waals surface area contributed by atoms with E-state index in [1.165, 1.54) is 0 Å². The molecule has 1 heteroatoms. The van der Waals surface area contributed by atoms with E-state index in [0.29, 0.717) is 0 Å². The number of benzene rings is 2. The van der Waals surface area contributed by atoms with Gasteiger partial charge in [0.05, 0.1) is 5.92 Å². The second-order valence-electron chi connectivity index (χ2n) is 4.66. The molecule has 19 heavy (non-hydrogen) atoms. The Balaban J connectivity index is 2.25. The lowest BCUT2D eigenvalue weighted by molar-refractivity contribution is -0.120. The largest absolute Gasteiger partial charge is 0.298 e. The van der Waals surface area contributed by atoms with Crippen molar-refractivity contribution in [3.05, 3.63) is 84.4 Å². The Hall–Kier alpha value is -2.15. The minimum atomic E-state index is -0.239. The number of hydrogen-bond donors (Lipinski definition) is 0. The van der Waals surface area contributed by atoms with Crippen molar-refractivity contribution in [2.75, 3.05) is 0 Å². The van der Waals surface area contributed by atoms with Crippen LogP contribution in [0.3, 0.4) is 0 Å². The second kappa shape index (κ2) is 6.14. The van der Waals surface area contributed by atoms with Gasteiger partial charge in [-0.25, -0.2) is 0 Å². The fourth-order valence-corrected chi connectivity index (χ4v) is 2.25. The first kappa shape index (κ1) is 13.3. The van der Waals surface area contributed by atoms with Gasteiger partial charge in [-0.05, 0) is 11.1 Å². The summed E-state index contributed by atoms with van der Waals surface area (Å²) in [5, 5.41) is 0. The van der Waals surface area contributed by atoms with Crippen LogP contribution in [-0.4, -0.2) is 5.78 Å². The summed E-state index contributed by atoms with van der Waals surface area (Å²) < 4.78 is 0. The molecule has 2 rings (SSSR count). The molecular formula is C18H18O. The molecule has 0 bridgehead atoms. The zero-order chi connectivity index (χ0) is 13.7. The van der Waals surface area contributed by atoms with Gasteiger partial charge >= 0.3 is 0 Å². The molecule has 0 N–H and O–H groups in total. The third kappa shape index (κ3) is 3.00. The molecule has 0 amide bonds. The molecule has 2 atom stereocenters. The summed E-state index contributed by atoms with van der Waals surface area (Å²) in [6.07, 6.45) is 1.73. The van der Waals surface area contributed by atoms with Crippen molar-refractivity contribution in [1.82, 2.24) is 0 Å². The van der Waals surface area contributed by atoms with Crippen LogP contribution in [0, 0.1) is 0 Å². The Morgan fingerprint density at radius 3 is 1.89 bits per heavy atom. The maximum absolute atomic E-state index is 12.6. The van der Waals surface area contributed by atoms with Gasteiger partial charge in [-0.1, -0.05) is 73.7 Å². The Morgan fingerprint density at radius 1 is 0.947 bits per heavy atom. The normalized spacial score (nSPS) is 13.5. The highest BCUT2D eigenvalue weighted by Gasteiger charge is 2.23. The highest BCUT2D eigenvalue weighted by molar-refractivity contribution is 5.92. The van der Waals surface area contributed by atoms with Crippen molar-refractivity contribution in [2.45, 2.75) is 18.8 Å². The van der Waals surface area contributed by atoms with Crippen molar-refractivity contribution in [1.29, 1.82) is 0 Å². The summed E-state index contributed by atoms with van der Waals surface area (Å²) in [6, 6.07) is 19.7. The van der Waals surface area contributed by atoms with Crippen LogP contribution in [0.15, 0.2) is 73.3 Å². The zero-order valence-corrected chi connectivity index (χ0v) is 11.1. The lowest BCUT2D eigenvalue weighted by Crippen LogP contribution is -2.17. The summed E-state index contributed by atoms with van der Waals surface area (Å²) in [4.78, 5) is 12.6. The summed E-state index contributed by atoms with van der Waals surface area (Å²) in [6.45, 7) is 5.77. The van der Waals surface area contributed by atoms with Crippen LogP contribution < -0.4 is 0 Å². The highest BCUT2D eigenvalue weighted by Crippen LogP contribution is 2.26. The van der Waals surface area contributed by atoms with Gasteiger partial charge in [-0.3, -0.25) is 4.79 Å². The first-order chi connectivity index (χ1) is 9.24. The molecule has 0 saturated carbocycles. The Morgan fingerprint density at radius 2 is 1.42 bits per heavy atom. The van der Waals surface area contributed by atoms with E-state index in [0.717, 1.165) is 11.1 Å². The van der Waals surface area contributed by atoms with Crippen LogP contribution in [0.4, 0.5) is 0 Å². The number of Topliss-reactive ketones (excluding diaryl/α,β-unsaturated/α-hetero) is 1. The molecule has 0 heterocycles. The van der Waals surface area contributed by atoms with Crippen molar-refractivity contribution in [3.8, 4) is 0 Å². The monoisotopic (exact) mass is 250 g/mol. The van der Waals surface area contributed by atoms with E-state index in [9.17, 15) is 4.79 Å². The lowest BCUT2D eigenvalue weighted by Gasteiger charge is -2.17. The van der Waals surface area contributed by atoms with Gasteiger partial charge in [0.2, 0.25) is 0 Å². The van der Waals surface area contributed by atoms with Crippen LogP contribution in [-0.2, 0) is 4.79 Å². The summed E-state index contributed by atoms with van der Waals surface area (Å²) >= 11 is 0. The van der Waals surface area contributed by atoms with Gasteiger partial charge in [0.25, 0.3) is 0 Å². The highest BCUT2D eigenvalue weighted by atomic mass is 16.1. The van der Waals surface area contributed by atoms with Crippen LogP contribution >= 0.6 is 0 Å². The zero-order valence-electron chi connectivity index (χ0n) is 11.1. The average molecular weight is 250 g/mol. The molecule has 96 valence electrons. The van der Waals surface area contributed by atoms with Gasteiger partial charge in [-0.15, -0.1) is 6.58 Å². The summed E-state index contributed by atoms with van der Waals surface area (Å²) in [5.74, 6) is -0.173. The van der Waals surface area contributed by atoms with Gasteiger partial charge in [-0.2, -0.15) is 0 Å². The minimum absolute atomic E-state index is 0.121. The molecule has 0 aliphatic rings. The Kier molecular flexibility index (Phi) is 4.30. The van der Waals surface area contributed by atoms with Crippen LogP contribution in [0.1, 0.15) is 29.9 Å². The molecule has 2 aromatic rings. The topological polar surface area (TPSA) is 17.1 Å². The SMILES string of the molecule is C=C[C@@H](C(=O)[C@H](C)c1ccccc1)c1ccccc1. The van der Waals surface area contributed by atoms with Crippen molar-refractivity contribution >= 4 is 5.78 Å². The first-order valence-electron chi connectivity index (χ1n) is 6.50. The fraction of sp³-hybridized carbons (Fsp3) is 0.167. The van der Waals surface area contributed by atoms with Gasteiger partial charge in [0.15, 0.2) is 5.78 Å². The molecule has 0 saturated heterocycles. The van der Waals surface area contributed by atoms with E-state index in [4.69, 9.17) is 0 Å². The van der Waals surface area contributed by atoms with Crippen LogP contribution in [0.25, 0.3) is 0 Å². The maximum atomic E-state index is 12.6. The fourth-order valence-electron chi connectivity index (χ4n) is 2.25. The average Bonchev–Trinajstić information content (AvgIpc) is 2.49. The number of carbonyl (C=O) groups is 1. The van der Waals surface area contributed by atoms with Crippen molar-refractivity contribution in [3.63, 3.8) is 0 Å². The molecule has 1 nitrogen and oxygen atoms in total. The summed E-state index contributed by atoms with van der Waals surface area (Å²) in [7, 11) is 0. The molecule has 0 aromatic heterocycles. The van der Waals surface area contributed by atoms with Gasteiger partial charge < -0.3 is 0 Å². The van der Waals surface area contributed by atoms with E-state index in [-0.39, 0.29) is 17.6 Å². The first-order valence-corrected chi connectivity index (χ1v) is 6.50. The van der Waals surface area contributed by atoms with Crippen LogP contribution in [0.2, 0.25) is 0 Å². The van der Waals surface area contributed by atoms with Gasteiger partial charge in [0.1, 0.15) is 0 Å². The predicted octanol–water partition coefficient (Wildman–Crippen LogP) is 4.33. The number of allylic oxidation sites excluding steroid dienone is 1. The minimum Gasteiger partial charge on any atom is -0.298 e. The van der Waals surface area contributed by atoms with Crippen molar-refractivity contribution < 1.29 is 4.79 Å². The number of rotatable bonds is 5. The predicted molar refractivity (Wildman–Crippen MR) is 79.2 cm³/mol. The molecule has 0 fully saturated rings. The molecule has 0 radical (unpaired) electrons. The molecule has 0 unspecified atom stereocenters. The number of hydrogen-bond acceptors (Lipinski definition) is 1. The van der Waals surface area contributed by atoms with Gasteiger partial charge in [0, 0.05) is 5.92 Å². The smallest absolute Gasteiger partial charge is 0.151 e. The van der Waals surface area contributed by atoms with E-state index in [1.807, 2.05) is 67.6 Å². The molecular weight excluding hydrogens is 232 g/mol. The van der Waals surface area contributed by atoms with Crippen LogP contribution in [0.5, 0.6) is 0 Å².